The molecule has 2 heterocycles. The molecule has 1 fully saturated rings. The summed E-state index contributed by atoms with van der Waals surface area (Å²) in [5.74, 6) is -3.05. The monoisotopic (exact) mass is 365 g/mol. The number of benzene rings is 1. The van der Waals surface area contributed by atoms with Gasteiger partial charge in [-0.05, 0) is 17.7 Å². The second-order valence-corrected chi connectivity index (χ2v) is 5.83. The van der Waals surface area contributed by atoms with Gasteiger partial charge in [0.25, 0.3) is 0 Å². The van der Waals surface area contributed by atoms with Gasteiger partial charge in [-0.3, -0.25) is 9.78 Å². The minimum absolute atomic E-state index is 0.112. The Bertz CT molecular complexity index is 814. The number of amides is 2. The van der Waals surface area contributed by atoms with Crippen molar-refractivity contribution in [3.05, 3.63) is 66.0 Å². The van der Waals surface area contributed by atoms with Crippen molar-refractivity contribution < 1.29 is 27.9 Å². The van der Waals surface area contributed by atoms with Gasteiger partial charge < -0.3 is 15.7 Å². The van der Waals surface area contributed by atoms with Crippen molar-refractivity contribution in [2.24, 2.45) is 5.92 Å². The number of carbonyl (C=O) groups excluding carboxylic acids is 2. The number of ketones is 1. The minimum Gasteiger partial charge on any atom is -0.363 e. The fourth-order valence-electron chi connectivity index (χ4n) is 2.97. The molecule has 9 heteroatoms. The van der Waals surface area contributed by atoms with Crippen LogP contribution in [0, 0.1) is 5.92 Å². The topological polar surface area (TPSA) is 91.3 Å². The molecule has 1 aliphatic heterocycles. The second kappa shape index (κ2) is 6.41. The summed E-state index contributed by atoms with van der Waals surface area (Å²) in [5.41, 5.74) is -3.59. The maximum atomic E-state index is 13.7. The Hall–Kier alpha value is -2.94. The summed E-state index contributed by atoms with van der Waals surface area (Å²) in [5, 5.41) is 14.1. The van der Waals surface area contributed by atoms with Crippen LogP contribution >= 0.6 is 0 Å². The maximum Gasteiger partial charge on any atom is 0.437 e. The van der Waals surface area contributed by atoms with E-state index in [0.717, 1.165) is 6.20 Å². The van der Waals surface area contributed by atoms with E-state index in [-0.39, 0.29) is 11.1 Å². The van der Waals surface area contributed by atoms with Gasteiger partial charge in [-0.25, -0.2) is 4.79 Å². The summed E-state index contributed by atoms with van der Waals surface area (Å²) in [6.07, 6.45) is -2.81. The summed E-state index contributed by atoms with van der Waals surface area (Å²) in [7, 11) is 0. The van der Waals surface area contributed by atoms with Crippen LogP contribution < -0.4 is 10.6 Å². The lowest BCUT2D eigenvalue weighted by atomic mass is 9.77. The number of nitrogens with zero attached hydrogens (tertiary/aromatic N) is 1. The Labute approximate surface area is 146 Å². The normalized spacial score (nSPS) is 25.9. The number of alkyl halides is 3. The van der Waals surface area contributed by atoms with E-state index >= 15 is 0 Å². The van der Waals surface area contributed by atoms with E-state index in [2.05, 4.69) is 10.3 Å². The highest BCUT2D eigenvalue weighted by molar-refractivity contribution is 6.00. The predicted molar refractivity (Wildman–Crippen MR) is 83.9 cm³/mol. The number of nitrogens with one attached hydrogen (secondary N) is 2. The number of Topliss-reactive ketones (excluding diaryl/α,β-unsaturated/α-hetero) is 1. The molecule has 0 bridgehead atoms. The van der Waals surface area contributed by atoms with Gasteiger partial charge in [-0.2, -0.15) is 13.2 Å². The third-order valence-electron chi connectivity index (χ3n) is 4.19. The van der Waals surface area contributed by atoms with E-state index in [1.54, 1.807) is 18.2 Å². The summed E-state index contributed by atoms with van der Waals surface area (Å²) in [6.45, 7) is 0. The fraction of sp³-hybridized carbons (Fsp3) is 0.235. The first-order valence-corrected chi connectivity index (χ1v) is 7.61. The van der Waals surface area contributed by atoms with Crippen molar-refractivity contribution in [3.8, 4) is 0 Å². The third kappa shape index (κ3) is 3.01. The molecule has 136 valence electrons. The van der Waals surface area contributed by atoms with Crippen LogP contribution in [0.15, 0.2) is 54.9 Å². The van der Waals surface area contributed by atoms with Crippen LogP contribution in [0.4, 0.5) is 18.0 Å². The van der Waals surface area contributed by atoms with Crippen LogP contribution in [-0.2, 0) is 0 Å². The smallest absolute Gasteiger partial charge is 0.363 e. The highest BCUT2D eigenvalue weighted by Crippen LogP contribution is 2.43. The molecule has 0 unspecified atom stereocenters. The van der Waals surface area contributed by atoms with E-state index in [0.29, 0.717) is 0 Å². The Balaban J connectivity index is 2.15. The minimum atomic E-state index is -5.28. The van der Waals surface area contributed by atoms with Gasteiger partial charge in [-0.1, -0.05) is 30.3 Å². The average molecular weight is 365 g/mol. The van der Waals surface area contributed by atoms with Crippen molar-refractivity contribution in [1.82, 2.24) is 15.6 Å². The van der Waals surface area contributed by atoms with E-state index in [1.165, 1.54) is 35.8 Å². The zero-order valence-electron chi connectivity index (χ0n) is 13.2. The molecule has 0 radical (unpaired) electrons. The lowest BCUT2D eigenvalue weighted by Gasteiger charge is -2.45. The summed E-state index contributed by atoms with van der Waals surface area (Å²) in [6, 6.07) is 7.77. The van der Waals surface area contributed by atoms with E-state index < -0.39 is 35.7 Å². The largest absolute Gasteiger partial charge is 0.437 e. The number of urea groups is 1. The molecule has 3 atom stereocenters. The molecule has 3 rings (SSSR count). The molecule has 3 N–H and O–H groups in total. The molecule has 26 heavy (non-hydrogen) atoms. The Morgan fingerprint density at radius 3 is 2.42 bits per heavy atom. The molecule has 0 aliphatic carbocycles. The van der Waals surface area contributed by atoms with E-state index in [9.17, 15) is 27.9 Å². The number of hydrogen-bond donors (Lipinski definition) is 3. The van der Waals surface area contributed by atoms with Gasteiger partial charge in [0.15, 0.2) is 5.78 Å². The molecule has 0 saturated carbocycles. The number of carbonyl (C=O) groups is 2. The molecule has 2 aromatic rings. The first kappa shape index (κ1) is 17.9. The SMILES string of the molecule is O=C1N[C@@H](c2ccccc2)[C@H](C(=O)c2cccnc2)[C@](O)(C(F)(F)F)N1. The third-order valence-corrected chi connectivity index (χ3v) is 4.19. The molecular weight excluding hydrogens is 351 g/mol. The van der Waals surface area contributed by atoms with Crippen molar-refractivity contribution >= 4 is 11.8 Å². The van der Waals surface area contributed by atoms with Crippen LogP contribution in [-0.4, -0.2) is 33.8 Å². The van der Waals surface area contributed by atoms with Crippen molar-refractivity contribution in [2.45, 2.75) is 17.9 Å². The predicted octanol–water partition coefficient (Wildman–Crippen LogP) is 2.19. The highest BCUT2D eigenvalue weighted by atomic mass is 19.4. The molecule has 2 amide bonds. The van der Waals surface area contributed by atoms with E-state index in [4.69, 9.17) is 0 Å². The number of aromatic nitrogens is 1. The Kier molecular flexibility index (Phi) is 4.41. The lowest BCUT2D eigenvalue weighted by molar-refractivity contribution is -0.287. The first-order chi connectivity index (χ1) is 12.2. The van der Waals surface area contributed by atoms with Gasteiger partial charge in [0.05, 0.1) is 6.04 Å². The summed E-state index contributed by atoms with van der Waals surface area (Å²) in [4.78, 5) is 28.4. The van der Waals surface area contributed by atoms with Crippen LogP contribution in [0.2, 0.25) is 0 Å². The van der Waals surface area contributed by atoms with Crippen LogP contribution in [0.5, 0.6) is 0 Å². The second-order valence-electron chi connectivity index (χ2n) is 5.83. The molecule has 1 aliphatic rings. The summed E-state index contributed by atoms with van der Waals surface area (Å²) < 4.78 is 41.0. The zero-order valence-corrected chi connectivity index (χ0v) is 13.2. The number of rotatable bonds is 3. The number of hydrogen-bond acceptors (Lipinski definition) is 4. The maximum absolute atomic E-state index is 13.7. The van der Waals surface area contributed by atoms with Crippen molar-refractivity contribution in [3.63, 3.8) is 0 Å². The molecule has 6 nitrogen and oxygen atoms in total. The number of aliphatic hydroxyl groups is 1. The lowest BCUT2D eigenvalue weighted by Crippen LogP contribution is -2.72. The van der Waals surface area contributed by atoms with E-state index in [1.807, 2.05) is 0 Å². The zero-order chi connectivity index (χ0) is 18.9. The Morgan fingerprint density at radius 2 is 1.85 bits per heavy atom. The van der Waals surface area contributed by atoms with Crippen LogP contribution in [0.1, 0.15) is 22.0 Å². The van der Waals surface area contributed by atoms with Gasteiger partial charge >= 0.3 is 12.2 Å². The first-order valence-electron chi connectivity index (χ1n) is 7.61. The van der Waals surface area contributed by atoms with Gasteiger partial charge in [0.2, 0.25) is 5.72 Å². The molecule has 1 aromatic heterocycles. The molecule has 1 saturated heterocycles. The number of halogens is 3. The van der Waals surface area contributed by atoms with Gasteiger partial charge in [0.1, 0.15) is 5.92 Å². The van der Waals surface area contributed by atoms with Crippen molar-refractivity contribution in [2.75, 3.05) is 0 Å². The fourth-order valence-corrected chi connectivity index (χ4v) is 2.97. The van der Waals surface area contributed by atoms with Crippen molar-refractivity contribution in [1.29, 1.82) is 0 Å². The van der Waals surface area contributed by atoms with Gasteiger partial charge in [-0.15, -0.1) is 0 Å². The standard InChI is InChI=1S/C17H14F3N3O3/c18-17(19,20)16(26)12(14(24)11-7-4-8-21-9-11)13(22-15(25)23-16)10-5-2-1-3-6-10/h1-9,12-13,26H,(H2,22,23,25)/t12-,13+,16+/m1/s1. The van der Waals surface area contributed by atoms with Gasteiger partial charge in [0, 0.05) is 18.0 Å². The number of pyridine rings is 1. The van der Waals surface area contributed by atoms with Crippen LogP contribution in [0.3, 0.4) is 0 Å². The molecule has 0 spiro atoms. The quantitative estimate of drug-likeness (QED) is 0.727. The Morgan fingerprint density at radius 1 is 1.15 bits per heavy atom. The molecule has 1 aromatic carbocycles. The molecular formula is C17H14F3N3O3. The average Bonchev–Trinajstić information content (AvgIpc) is 2.61. The summed E-state index contributed by atoms with van der Waals surface area (Å²) >= 11 is 0. The van der Waals surface area contributed by atoms with Crippen LogP contribution in [0.25, 0.3) is 0 Å². The highest BCUT2D eigenvalue weighted by Gasteiger charge is 2.66.